The van der Waals surface area contributed by atoms with E-state index in [0.29, 0.717) is 50.3 Å². The number of nitrogens with zero attached hydrogens (tertiary/aromatic N) is 3. The lowest BCUT2D eigenvalue weighted by molar-refractivity contribution is -0.134. The fourth-order valence-electron chi connectivity index (χ4n) is 4.95. The third-order valence-corrected chi connectivity index (χ3v) is 7.07. The van der Waals surface area contributed by atoms with Crippen LogP contribution in [0.4, 0.5) is 0 Å². The van der Waals surface area contributed by atoms with Gasteiger partial charge in [-0.15, -0.1) is 0 Å². The Hall–Kier alpha value is -2.96. The maximum absolute atomic E-state index is 13.3. The predicted octanol–water partition coefficient (Wildman–Crippen LogP) is 3.71. The van der Waals surface area contributed by atoms with Crippen molar-refractivity contribution in [2.45, 2.75) is 58.3 Å². The Bertz CT molecular complexity index is 970. The number of likely N-dealkylation sites (tertiary alicyclic amines) is 1. The number of para-hydroxylation sites is 1. The molecule has 0 atom stereocenters. The minimum absolute atomic E-state index is 0.0416. The fourth-order valence-corrected chi connectivity index (χ4v) is 4.95. The second-order valence-electron chi connectivity index (χ2n) is 9.22. The molecule has 33 heavy (non-hydrogen) atoms. The second-order valence-corrected chi connectivity index (χ2v) is 9.22. The van der Waals surface area contributed by atoms with Crippen LogP contribution in [0.2, 0.25) is 0 Å². The van der Waals surface area contributed by atoms with Gasteiger partial charge in [-0.05, 0) is 57.1 Å². The van der Waals surface area contributed by atoms with Gasteiger partial charge in [-0.2, -0.15) is 0 Å². The van der Waals surface area contributed by atoms with Gasteiger partial charge < -0.3 is 15.0 Å². The molecule has 1 N–H and O–H groups in total. The van der Waals surface area contributed by atoms with Crippen molar-refractivity contribution < 1.29 is 14.3 Å². The molecule has 1 spiro atoms. The van der Waals surface area contributed by atoms with E-state index in [9.17, 15) is 9.59 Å². The van der Waals surface area contributed by atoms with Crippen molar-refractivity contribution in [3.63, 3.8) is 0 Å². The van der Waals surface area contributed by atoms with Gasteiger partial charge in [0, 0.05) is 25.8 Å². The van der Waals surface area contributed by atoms with Crippen LogP contribution in [0.15, 0.2) is 36.8 Å². The highest BCUT2D eigenvalue weighted by Crippen LogP contribution is 2.38. The summed E-state index contributed by atoms with van der Waals surface area (Å²) in [5.41, 5.74) is 2.10. The number of hydrogen-bond acceptors (Lipinski definition) is 5. The quantitative estimate of drug-likeness (QED) is 0.716. The Morgan fingerprint density at radius 3 is 2.73 bits per heavy atom. The molecule has 0 saturated carbocycles. The lowest BCUT2D eigenvalue weighted by Gasteiger charge is -2.41. The fraction of sp³-hybridized carbons (Fsp3) is 0.538. The molecule has 7 heteroatoms. The summed E-state index contributed by atoms with van der Waals surface area (Å²) in [5, 5.41) is 3.16. The molecule has 0 radical (unpaired) electrons. The third kappa shape index (κ3) is 5.52. The van der Waals surface area contributed by atoms with E-state index in [1.54, 1.807) is 6.20 Å². The van der Waals surface area contributed by atoms with Crippen LogP contribution < -0.4 is 10.1 Å². The van der Waals surface area contributed by atoms with Gasteiger partial charge in [0.2, 0.25) is 5.91 Å². The van der Waals surface area contributed by atoms with Gasteiger partial charge in [0.05, 0.1) is 23.3 Å². The molecule has 1 fully saturated rings. The monoisotopic (exact) mass is 450 g/mol. The smallest absolute Gasteiger partial charge is 0.257 e. The van der Waals surface area contributed by atoms with Crippen LogP contribution in [0.1, 0.15) is 66.6 Å². The molecule has 2 aliphatic rings. The molecule has 176 valence electrons. The van der Waals surface area contributed by atoms with E-state index >= 15 is 0 Å². The molecular weight excluding hydrogens is 416 g/mol. The second kappa shape index (κ2) is 10.8. The molecular formula is C26H34N4O3. The molecule has 0 bridgehead atoms. The number of aromatic nitrogens is 2. The third-order valence-electron chi connectivity index (χ3n) is 7.07. The van der Waals surface area contributed by atoms with Gasteiger partial charge in [0.25, 0.3) is 5.91 Å². The summed E-state index contributed by atoms with van der Waals surface area (Å²) in [4.78, 5) is 36.3. The number of carbonyl (C=O) groups is 2. The van der Waals surface area contributed by atoms with Gasteiger partial charge in [-0.25, -0.2) is 9.97 Å². The molecule has 2 amide bonds. The number of carbonyl (C=O) groups excluding carboxylic acids is 2. The summed E-state index contributed by atoms with van der Waals surface area (Å²) < 4.78 is 5.99. The van der Waals surface area contributed by atoms with E-state index in [1.807, 2.05) is 24.0 Å². The summed E-state index contributed by atoms with van der Waals surface area (Å²) in [6.07, 6.45) is 10.2. The van der Waals surface area contributed by atoms with Crippen molar-refractivity contribution in [1.29, 1.82) is 0 Å². The molecule has 4 rings (SSSR count). The van der Waals surface area contributed by atoms with Crippen LogP contribution >= 0.6 is 0 Å². The van der Waals surface area contributed by atoms with Crippen molar-refractivity contribution in [3.8, 4) is 5.75 Å². The number of hydrogen-bond donors (Lipinski definition) is 1. The van der Waals surface area contributed by atoms with Crippen molar-refractivity contribution in [2.24, 2.45) is 5.41 Å². The highest BCUT2D eigenvalue weighted by atomic mass is 16.5. The summed E-state index contributed by atoms with van der Waals surface area (Å²) >= 11 is 0. The molecule has 7 nitrogen and oxygen atoms in total. The maximum Gasteiger partial charge on any atom is 0.257 e. The first-order valence-corrected chi connectivity index (χ1v) is 12.1. The predicted molar refractivity (Wildman–Crippen MR) is 126 cm³/mol. The normalized spacial score (nSPS) is 19.7. The maximum atomic E-state index is 13.3. The molecule has 1 aromatic heterocycles. The lowest BCUT2D eigenvalue weighted by atomic mass is 9.73. The van der Waals surface area contributed by atoms with Gasteiger partial charge in [0.1, 0.15) is 12.1 Å². The first-order chi connectivity index (χ1) is 16.1. The molecule has 0 unspecified atom stereocenters. The molecule has 3 heterocycles. The Labute approximate surface area is 196 Å². The molecule has 1 saturated heterocycles. The van der Waals surface area contributed by atoms with E-state index in [-0.39, 0.29) is 11.8 Å². The number of amides is 2. The Morgan fingerprint density at radius 1 is 1.09 bits per heavy atom. The highest BCUT2D eigenvalue weighted by Gasteiger charge is 2.41. The van der Waals surface area contributed by atoms with Crippen LogP contribution in [-0.2, 0) is 11.2 Å². The van der Waals surface area contributed by atoms with Crippen molar-refractivity contribution in [1.82, 2.24) is 20.2 Å². The Kier molecular flexibility index (Phi) is 7.57. The van der Waals surface area contributed by atoms with Crippen molar-refractivity contribution in [3.05, 3.63) is 53.6 Å². The van der Waals surface area contributed by atoms with Crippen molar-refractivity contribution >= 4 is 11.8 Å². The van der Waals surface area contributed by atoms with E-state index < -0.39 is 5.41 Å². The molecule has 2 aromatic rings. The molecule has 1 aromatic carbocycles. The van der Waals surface area contributed by atoms with Crippen molar-refractivity contribution in [2.75, 3.05) is 26.2 Å². The molecule has 0 aliphatic carbocycles. The number of fused-ring (bicyclic) bond motifs is 1. The average molecular weight is 451 g/mol. The first-order valence-electron chi connectivity index (χ1n) is 12.1. The van der Waals surface area contributed by atoms with Gasteiger partial charge in [0.15, 0.2) is 0 Å². The molecule has 2 aliphatic heterocycles. The van der Waals surface area contributed by atoms with Crippen LogP contribution in [0.3, 0.4) is 0 Å². The number of benzene rings is 1. The summed E-state index contributed by atoms with van der Waals surface area (Å²) in [7, 11) is 0. The number of aryl methyl sites for hydroxylation is 2. The Morgan fingerprint density at radius 2 is 1.91 bits per heavy atom. The zero-order valence-electron chi connectivity index (χ0n) is 19.5. The van der Waals surface area contributed by atoms with E-state index in [1.165, 1.54) is 11.9 Å². The Balaban J connectivity index is 1.40. The van der Waals surface area contributed by atoms with Gasteiger partial charge in [-0.1, -0.05) is 31.0 Å². The topological polar surface area (TPSA) is 84.4 Å². The standard InChI is InChI=1S/C26H34N4O3/c1-20-22(18-27-19-29-20)24(31)30-15-12-26(13-16-30)11-6-2-3-8-21-9-4-5-10-23(21)33-17-7-14-28-25(26)32/h4-5,9-10,18-19H,2-3,6-8,11-17H2,1H3,(H,28,32). The average Bonchev–Trinajstić information content (AvgIpc) is 2.84. The lowest BCUT2D eigenvalue weighted by Crippen LogP contribution is -2.50. The van der Waals surface area contributed by atoms with E-state index in [2.05, 4.69) is 27.4 Å². The first kappa shape index (κ1) is 23.2. The summed E-state index contributed by atoms with van der Waals surface area (Å²) in [5.74, 6) is 1.06. The van der Waals surface area contributed by atoms with E-state index in [0.717, 1.165) is 44.3 Å². The van der Waals surface area contributed by atoms with Gasteiger partial charge in [-0.3, -0.25) is 9.59 Å². The van der Waals surface area contributed by atoms with Crippen LogP contribution in [0.25, 0.3) is 0 Å². The van der Waals surface area contributed by atoms with Crippen LogP contribution in [0, 0.1) is 12.3 Å². The zero-order chi connectivity index (χ0) is 23.1. The van der Waals surface area contributed by atoms with E-state index in [4.69, 9.17) is 4.74 Å². The van der Waals surface area contributed by atoms with Crippen LogP contribution in [-0.4, -0.2) is 52.9 Å². The van der Waals surface area contributed by atoms with Crippen LogP contribution in [0.5, 0.6) is 5.75 Å². The van der Waals surface area contributed by atoms with Gasteiger partial charge >= 0.3 is 0 Å². The number of nitrogens with one attached hydrogen (secondary N) is 1. The minimum Gasteiger partial charge on any atom is -0.493 e. The zero-order valence-corrected chi connectivity index (χ0v) is 19.5. The largest absolute Gasteiger partial charge is 0.493 e. The summed E-state index contributed by atoms with van der Waals surface area (Å²) in [6.45, 7) is 4.18. The summed E-state index contributed by atoms with van der Waals surface area (Å²) in [6, 6.07) is 8.26. The number of rotatable bonds is 1. The SMILES string of the molecule is Cc1ncncc1C(=O)N1CCC2(CCCCCc3ccccc3OCCCNC2=O)CC1. The number of piperidine rings is 1. The highest BCUT2D eigenvalue weighted by molar-refractivity contribution is 5.95. The minimum atomic E-state index is -0.401. The number of ether oxygens (including phenoxy) is 1.